The summed E-state index contributed by atoms with van der Waals surface area (Å²) < 4.78 is 10.6. The van der Waals surface area contributed by atoms with Crippen LogP contribution in [-0.2, 0) is 4.79 Å². The molecule has 7 heteroatoms. The lowest BCUT2D eigenvalue weighted by atomic mass is 10.2. The van der Waals surface area contributed by atoms with Crippen molar-refractivity contribution in [2.24, 2.45) is 5.10 Å². The van der Waals surface area contributed by atoms with Gasteiger partial charge in [-0.2, -0.15) is 5.10 Å². The van der Waals surface area contributed by atoms with E-state index in [2.05, 4.69) is 10.5 Å². The molecule has 146 valence electrons. The maximum Gasteiger partial charge on any atom is 0.343 e. The zero-order valence-corrected chi connectivity index (χ0v) is 16.0. The third-order valence-corrected chi connectivity index (χ3v) is 3.94. The van der Waals surface area contributed by atoms with Gasteiger partial charge in [-0.15, -0.1) is 0 Å². The van der Waals surface area contributed by atoms with Crippen LogP contribution in [0.3, 0.4) is 0 Å². The van der Waals surface area contributed by atoms with Gasteiger partial charge in [-0.1, -0.05) is 29.8 Å². The molecule has 0 saturated heterocycles. The molecule has 0 fully saturated rings. The number of benzene rings is 3. The molecule has 0 radical (unpaired) electrons. The first-order valence-corrected chi connectivity index (χ1v) is 9.05. The normalized spacial score (nSPS) is 10.5. The van der Waals surface area contributed by atoms with Gasteiger partial charge in [0.25, 0.3) is 5.91 Å². The van der Waals surface area contributed by atoms with Crippen LogP contribution in [0.25, 0.3) is 0 Å². The Morgan fingerprint density at radius 2 is 1.59 bits per heavy atom. The van der Waals surface area contributed by atoms with Crippen LogP contribution in [0.4, 0.5) is 0 Å². The van der Waals surface area contributed by atoms with E-state index in [1.165, 1.54) is 6.21 Å². The minimum atomic E-state index is -0.478. The first kappa shape index (κ1) is 20.1. The lowest BCUT2D eigenvalue weighted by Gasteiger charge is -2.05. The maximum absolute atomic E-state index is 12.1. The highest BCUT2D eigenvalue weighted by Gasteiger charge is 2.08. The second kappa shape index (κ2) is 10.1. The largest absolute Gasteiger partial charge is 0.484 e. The Morgan fingerprint density at radius 3 is 2.28 bits per heavy atom. The summed E-state index contributed by atoms with van der Waals surface area (Å²) in [6.45, 7) is -0.138. The molecular formula is C22H17ClN2O4. The zero-order valence-electron chi connectivity index (χ0n) is 15.2. The Hall–Kier alpha value is -3.64. The Balaban J connectivity index is 1.46. The Bertz CT molecular complexity index is 988. The van der Waals surface area contributed by atoms with Gasteiger partial charge < -0.3 is 9.47 Å². The maximum atomic E-state index is 12.1. The summed E-state index contributed by atoms with van der Waals surface area (Å²) in [5.74, 6) is 0.144. The van der Waals surface area contributed by atoms with Crippen LogP contribution in [0.2, 0.25) is 5.02 Å². The number of amides is 1. The summed E-state index contributed by atoms with van der Waals surface area (Å²) >= 11 is 5.80. The van der Waals surface area contributed by atoms with E-state index in [1.54, 1.807) is 60.7 Å². The highest BCUT2D eigenvalue weighted by Crippen LogP contribution is 2.15. The summed E-state index contributed by atoms with van der Waals surface area (Å²) in [5.41, 5.74) is 3.51. The van der Waals surface area contributed by atoms with Gasteiger partial charge >= 0.3 is 5.97 Å². The topological polar surface area (TPSA) is 77.0 Å². The average molecular weight is 409 g/mol. The van der Waals surface area contributed by atoms with Gasteiger partial charge in [0, 0.05) is 5.02 Å². The van der Waals surface area contributed by atoms with Crippen molar-refractivity contribution < 1.29 is 19.1 Å². The molecule has 0 heterocycles. The number of rotatable bonds is 7. The molecule has 29 heavy (non-hydrogen) atoms. The lowest BCUT2D eigenvalue weighted by Crippen LogP contribution is -2.24. The van der Waals surface area contributed by atoms with Crippen molar-refractivity contribution in [1.29, 1.82) is 0 Å². The van der Waals surface area contributed by atoms with Gasteiger partial charge in [0.05, 0.1) is 11.8 Å². The predicted molar refractivity (Wildman–Crippen MR) is 111 cm³/mol. The molecule has 3 aromatic carbocycles. The van der Waals surface area contributed by atoms with Crippen LogP contribution in [0.15, 0.2) is 84.0 Å². The fourth-order valence-electron chi connectivity index (χ4n) is 2.25. The monoisotopic (exact) mass is 408 g/mol. The first-order chi connectivity index (χ1) is 14.1. The number of ether oxygens (including phenoxy) is 2. The number of nitrogens with one attached hydrogen (secondary N) is 1. The van der Waals surface area contributed by atoms with E-state index in [-0.39, 0.29) is 12.5 Å². The third kappa shape index (κ3) is 6.48. The molecule has 1 N–H and O–H groups in total. The number of esters is 1. The summed E-state index contributed by atoms with van der Waals surface area (Å²) in [5, 5.41) is 4.42. The van der Waals surface area contributed by atoms with Crippen molar-refractivity contribution in [3.8, 4) is 11.5 Å². The number of hydrogen-bond donors (Lipinski definition) is 1. The van der Waals surface area contributed by atoms with Crippen LogP contribution in [-0.4, -0.2) is 24.7 Å². The van der Waals surface area contributed by atoms with E-state index >= 15 is 0 Å². The summed E-state index contributed by atoms with van der Waals surface area (Å²) in [6.07, 6.45) is 1.48. The Labute approximate surface area is 172 Å². The van der Waals surface area contributed by atoms with E-state index in [0.29, 0.717) is 22.1 Å². The molecule has 0 aliphatic carbocycles. The predicted octanol–water partition coefficient (Wildman–Crippen LogP) is 4.09. The number of hydrazone groups is 1. The molecule has 3 rings (SSSR count). The van der Waals surface area contributed by atoms with Crippen molar-refractivity contribution >= 4 is 29.7 Å². The second-order valence-electron chi connectivity index (χ2n) is 5.86. The van der Waals surface area contributed by atoms with Gasteiger partial charge in [0.1, 0.15) is 11.5 Å². The molecular weight excluding hydrogens is 392 g/mol. The zero-order chi connectivity index (χ0) is 20.5. The Morgan fingerprint density at radius 1 is 0.897 bits per heavy atom. The molecule has 0 atom stereocenters. The van der Waals surface area contributed by atoms with E-state index in [9.17, 15) is 9.59 Å². The number of halogens is 1. The molecule has 0 spiro atoms. The SMILES string of the molecule is O=C(COc1ccccc1)NN=Cc1ccc(OC(=O)c2ccc(Cl)cc2)cc1. The molecule has 0 aliphatic heterocycles. The highest BCUT2D eigenvalue weighted by molar-refractivity contribution is 6.30. The van der Waals surface area contributed by atoms with Crippen molar-refractivity contribution in [2.45, 2.75) is 0 Å². The van der Waals surface area contributed by atoms with Crippen LogP contribution < -0.4 is 14.9 Å². The van der Waals surface area contributed by atoms with Crippen LogP contribution >= 0.6 is 11.6 Å². The quantitative estimate of drug-likeness (QED) is 0.276. The number of para-hydroxylation sites is 1. The number of hydrogen-bond acceptors (Lipinski definition) is 5. The minimum Gasteiger partial charge on any atom is -0.484 e. The summed E-state index contributed by atoms with van der Waals surface area (Å²) in [4.78, 5) is 23.8. The van der Waals surface area contributed by atoms with Gasteiger partial charge in [-0.25, -0.2) is 10.2 Å². The van der Waals surface area contributed by atoms with Crippen molar-refractivity contribution in [3.05, 3.63) is 95.0 Å². The number of carbonyl (C=O) groups excluding carboxylic acids is 2. The standard InChI is InChI=1S/C22H17ClN2O4/c23-18-10-8-17(9-11-18)22(27)29-20-12-6-16(7-13-20)14-24-25-21(26)15-28-19-4-2-1-3-5-19/h1-14H,15H2,(H,25,26). The minimum absolute atomic E-state index is 0.138. The molecule has 3 aromatic rings. The van der Waals surface area contributed by atoms with E-state index < -0.39 is 5.97 Å². The molecule has 0 unspecified atom stereocenters. The molecule has 0 aromatic heterocycles. The summed E-state index contributed by atoms with van der Waals surface area (Å²) in [6, 6.07) is 22.1. The second-order valence-corrected chi connectivity index (χ2v) is 6.30. The van der Waals surface area contributed by atoms with Crippen LogP contribution in [0.1, 0.15) is 15.9 Å². The van der Waals surface area contributed by atoms with Crippen molar-refractivity contribution in [3.63, 3.8) is 0 Å². The van der Waals surface area contributed by atoms with Crippen molar-refractivity contribution in [2.75, 3.05) is 6.61 Å². The van der Waals surface area contributed by atoms with Gasteiger partial charge in [-0.3, -0.25) is 4.79 Å². The van der Waals surface area contributed by atoms with Crippen LogP contribution in [0, 0.1) is 0 Å². The average Bonchev–Trinajstić information content (AvgIpc) is 2.75. The van der Waals surface area contributed by atoms with E-state index in [4.69, 9.17) is 21.1 Å². The fourth-order valence-corrected chi connectivity index (χ4v) is 2.38. The van der Waals surface area contributed by atoms with E-state index in [0.717, 1.165) is 5.56 Å². The van der Waals surface area contributed by atoms with Gasteiger partial charge in [0.2, 0.25) is 0 Å². The van der Waals surface area contributed by atoms with Gasteiger partial charge in [0.15, 0.2) is 6.61 Å². The van der Waals surface area contributed by atoms with Crippen molar-refractivity contribution in [1.82, 2.24) is 5.43 Å². The number of carbonyl (C=O) groups is 2. The Kier molecular flexibility index (Phi) is 6.97. The molecule has 1 amide bonds. The smallest absolute Gasteiger partial charge is 0.343 e. The molecule has 0 aliphatic rings. The van der Waals surface area contributed by atoms with E-state index in [1.807, 2.05) is 18.2 Å². The third-order valence-electron chi connectivity index (χ3n) is 3.69. The summed E-state index contributed by atoms with van der Waals surface area (Å²) in [7, 11) is 0. The molecule has 6 nitrogen and oxygen atoms in total. The fraction of sp³-hybridized carbons (Fsp3) is 0.0455. The highest BCUT2D eigenvalue weighted by atomic mass is 35.5. The lowest BCUT2D eigenvalue weighted by molar-refractivity contribution is -0.123. The molecule has 0 saturated carbocycles. The van der Waals surface area contributed by atoms with Gasteiger partial charge in [-0.05, 0) is 66.2 Å². The van der Waals surface area contributed by atoms with Crippen LogP contribution in [0.5, 0.6) is 11.5 Å². The first-order valence-electron chi connectivity index (χ1n) is 8.68. The number of nitrogens with zero attached hydrogens (tertiary/aromatic N) is 1. The molecule has 0 bridgehead atoms.